The zero-order chi connectivity index (χ0) is 18.1. The first-order chi connectivity index (χ1) is 11.8. The lowest BCUT2D eigenvalue weighted by Crippen LogP contribution is -2.42. The molecule has 0 aromatic carbocycles. The molecule has 146 valence electrons. The second-order valence-electron chi connectivity index (χ2n) is 8.15. The van der Waals surface area contributed by atoms with Crippen molar-refractivity contribution < 1.29 is 16.8 Å². The van der Waals surface area contributed by atoms with Crippen molar-refractivity contribution in [3.8, 4) is 0 Å². The highest BCUT2D eigenvalue weighted by molar-refractivity contribution is 7.89. The van der Waals surface area contributed by atoms with E-state index in [1.54, 1.807) is 11.4 Å². The molecular formula is C17H32N2O4S2. The molecule has 0 aromatic heterocycles. The van der Waals surface area contributed by atoms with E-state index in [-0.39, 0.29) is 17.5 Å². The lowest BCUT2D eigenvalue weighted by Gasteiger charge is -2.31. The summed E-state index contributed by atoms with van der Waals surface area (Å²) in [5.41, 5.74) is 0. The molecule has 25 heavy (non-hydrogen) atoms. The molecule has 2 aliphatic carbocycles. The number of sulfonamides is 2. The fourth-order valence-electron chi connectivity index (χ4n) is 4.06. The van der Waals surface area contributed by atoms with Gasteiger partial charge in [0, 0.05) is 26.2 Å². The summed E-state index contributed by atoms with van der Waals surface area (Å²) in [6, 6.07) is -0.0750. The Hall–Kier alpha value is -0.180. The molecule has 0 amide bonds. The Morgan fingerprint density at radius 2 is 1.40 bits per heavy atom. The van der Waals surface area contributed by atoms with Crippen LogP contribution < -0.4 is 0 Å². The van der Waals surface area contributed by atoms with Gasteiger partial charge in [-0.1, -0.05) is 12.8 Å². The van der Waals surface area contributed by atoms with Crippen LogP contribution in [0.1, 0.15) is 57.8 Å². The summed E-state index contributed by atoms with van der Waals surface area (Å²) in [4.78, 5) is 0. The molecule has 6 nitrogen and oxygen atoms in total. The third-order valence-corrected chi connectivity index (χ3v) is 10.5. The number of hydrogen-bond donors (Lipinski definition) is 0. The second kappa shape index (κ2) is 7.82. The molecule has 2 saturated carbocycles. The fraction of sp³-hybridized carbons (Fsp3) is 1.00. The first-order valence-corrected chi connectivity index (χ1v) is 12.9. The minimum absolute atomic E-state index is 0.0750. The predicted molar refractivity (Wildman–Crippen MR) is 99.2 cm³/mol. The normalized spacial score (nSPS) is 27.7. The van der Waals surface area contributed by atoms with E-state index in [2.05, 4.69) is 0 Å². The quantitative estimate of drug-likeness (QED) is 0.664. The van der Waals surface area contributed by atoms with Crippen molar-refractivity contribution in [3.05, 3.63) is 0 Å². The topological polar surface area (TPSA) is 74.8 Å². The van der Waals surface area contributed by atoms with Gasteiger partial charge < -0.3 is 0 Å². The molecule has 1 heterocycles. The molecule has 3 fully saturated rings. The van der Waals surface area contributed by atoms with E-state index in [4.69, 9.17) is 0 Å². The van der Waals surface area contributed by atoms with E-state index in [0.29, 0.717) is 31.3 Å². The van der Waals surface area contributed by atoms with Crippen molar-refractivity contribution in [3.63, 3.8) is 0 Å². The molecule has 0 aromatic rings. The average molecular weight is 393 g/mol. The van der Waals surface area contributed by atoms with Crippen LogP contribution in [0, 0.1) is 11.8 Å². The van der Waals surface area contributed by atoms with E-state index in [0.717, 1.165) is 51.4 Å². The van der Waals surface area contributed by atoms with Gasteiger partial charge in [0.05, 0.1) is 11.5 Å². The third kappa shape index (κ3) is 4.76. The zero-order valence-electron chi connectivity index (χ0n) is 15.3. The highest BCUT2D eigenvalue weighted by Gasteiger charge is 2.35. The second-order valence-corrected chi connectivity index (χ2v) is 12.2. The average Bonchev–Trinajstić information content (AvgIpc) is 2.73. The van der Waals surface area contributed by atoms with Gasteiger partial charge in [-0.05, 0) is 56.8 Å². The summed E-state index contributed by atoms with van der Waals surface area (Å²) in [6.45, 7) is 0.977. The zero-order valence-corrected chi connectivity index (χ0v) is 16.9. The van der Waals surface area contributed by atoms with Crippen LogP contribution in [-0.2, 0) is 20.0 Å². The lowest BCUT2D eigenvalue weighted by atomic mass is 9.87. The van der Waals surface area contributed by atoms with Gasteiger partial charge in [-0.3, -0.25) is 0 Å². The van der Waals surface area contributed by atoms with Gasteiger partial charge in [-0.2, -0.15) is 0 Å². The number of rotatable bonds is 7. The van der Waals surface area contributed by atoms with Crippen molar-refractivity contribution in [1.29, 1.82) is 0 Å². The highest BCUT2D eigenvalue weighted by atomic mass is 32.2. The number of hydrogen-bond acceptors (Lipinski definition) is 4. The van der Waals surface area contributed by atoms with Crippen molar-refractivity contribution in [2.75, 3.05) is 31.6 Å². The van der Waals surface area contributed by atoms with Crippen molar-refractivity contribution in [2.45, 2.75) is 63.8 Å². The van der Waals surface area contributed by atoms with Crippen LogP contribution in [-0.4, -0.2) is 63.1 Å². The monoisotopic (exact) mass is 392 g/mol. The van der Waals surface area contributed by atoms with Gasteiger partial charge in [-0.15, -0.1) is 0 Å². The maximum atomic E-state index is 12.6. The minimum atomic E-state index is -3.24. The molecule has 0 radical (unpaired) electrons. The smallest absolute Gasteiger partial charge is 0.212 e. The van der Waals surface area contributed by atoms with Crippen LogP contribution in [0.4, 0.5) is 0 Å². The molecular weight excluding hydrogens is 360 g/mol. The molecule has 8 heteroatoms. The van der Waals surface area contributed by atoms with Gasteiger partial charge in [0.1, 0.15) is 0 Å². The summed E-state index contributed by atoms with van der Waals surface area (Å²) in [5.74, 6) is 1.17. The van der Waals surface area contributed by atoms with Crippen LogP contribution >= 0.6 is 0 Å². The molecule has 1 unspecified atom stereocenters. The Labute approximate surface area is 153 Å². The van der Waals surface area contributed by atoms with Crippen LogP contribution in [0.5, 0.6) is 0 Å². The maximum Gasteiger partial charge on any atom is 0.214 e. The first kappa shape index (κ1) is 19.6. The van der Waals surface area contributed by atoms with E-state index >= 15 is 0 Å². The summed E-state index contributed by atoms with van der Waals surface area (Å²) in [7, 11) is -4.76. The Morgan fingerprint density at radius 1 is 0.800 bits per heavy atom. The van der Waals surface area contributed by atoms with Crippen molar-refractivity contribution in [1.82, 2.24) is 8.61 Å². The first-order valence-electron chi connectivity index (χ1n) is 9.71. The standard InChI is InChI=1S/C17H32N2O4S2/c1-18(24(20,21)13-15-5-2-6-15)17-9-4-11-19(12-10-17)25(22,23)14-16-7-3-8-16/h15-17H,2-14H2,1H3. The molecule has 1 atom stereocenters. The van der Waals surface area contributed by atoms with Gasteiger partial charge in [0.2, 0.25) is 20.0 Å². The van der Waals surface area contributed by atoms with E-state index in [1.807, 2.05) is 0 Å². The molecule has 3 rings (SSSR count). The summed E-state index contributed by atoms with van der Waals surface area (Å²) in [5, 5.41) is 0. The Bertz CT molecular complexity index is 654. The largest absolute Gasteiger partial charge is 0.214 e. The van der Waals surface area contributed by atoms with Crippen LogP contribution in [0.25, 0.3) is 0 Å². The fourth-order valence-corrected chi connectivity index (χ4v) is 7.82. The summed E-state index contributed by atoms with van der Waals surface area (Å²) >= 11 is 0. The summed E-state index contributed by atoms with van der Waals surface area (Å²) < 4.78 is 53.6. The van der Waals surface area contributed by atoms with Gasteiger partial charge >= 0.3 is 0 Å². The molecule has 0 bridgehead atoms. The Kier molecular flexibility index (Phi) is 6.13. The van der Waals surface area contributed by atoms with Crippen LogP contribution in [0.15, 0.2) is 0 Å². The Balaban J connectivity index is 1.56. The maximum absolute atomic E-state index is 12.6. The lowest BCUT2D eigenvalue weighted by molar-refractivity contribution is 0.311. The van der Waals surface area contributed by atoms with Crippen molar-refractivity contribution in [2.24, 2.45) is 11.8 Å². The minimum Gasteiger partial charge on any atom is -0.212 e. The molecule has 3 aliphatic rings. The van der Waals surface area contributed by atoms with Crippen LogP contribution in [0.3, 0.4) is 0 Å². The third-order valence-electron chi connectivity index (χ3n) is 6.35. The molecule has 1 aliphatic heterocycles. The predicted octanol–water partition coefficient (Wildman–Crippen LogP) is 2.03. The molecule has 1 saturated heterocycles. The molecule has 0 spiro atoms. The SMILES string of the molecule is CN(C1CCCN(S(=O)(=O)CC2CCC2)CC1)S(=O)(=O)CC1CCC1. The van der Waals surface area contributed by atoms with E-state index < -0.39 is 20.0 Å². The summed E-state index contributed by atoms with van der Waals surface area (Å²) in [6.07, 6.45) is 8.45. The highest BCUT2D eigenvalue weighted by Crippen LogP contribution is 2.31. The Morgan fingerprint density at radius 3 is 1.96 bits per heavy atom. The van der Waals surface area contributed by atoms with Crippen LogP contribution in [0.2, 0.25) is 0 Å². The van der Waals surface area contributed by atoms with Gasteiger partial charge in [0.25, 0.3) is 0 Å². The van der Waals surface area contributed by atoms with Crippen molar-refractivity contribution >= 4 is 20.0 Å². The van der Waals surface area contributed by atoms with E-state index in [9.17, 15) is 16.8 Å². The van der Waals surface area contributed by atoms with Gasteiger partial charge in [0.15, 0.2) is 0 Å². The number of nitrogens with zero attached hydrogens (tertiary/aromatic N) is 2. The van der Waals surface area contributed by atoms with E-state index in [1.165, 1.54) is 4.31 Å². The molecule has 0 N–H and O–H groups in total. The van der Waals surface area contributed by atoms with Gasteiger partial charge in [-0.25, -0.2) is 25.4 Å².